The normalized spacial score (nSPS) is 31.9. The summed E-state index contributed by atoms with van der Waals surface area (Å²) < 4.78 is 9.60. The van der Waals surface area contributed by atoms with E-state index in [2.05, 4.69) is 15.9 Å². The summed E-state index contributed by atoms with van der Waals surface area (Å²) in [5.41, 5.74) is 5.19. The van der Waals surface area contributed by atoms with Crippen molar-refractivity contribution in [2.24, 2.45) is 5.73 Å². The molecule has 20 heavy (non-hydrogen) atoms. The van der Waals surface area contributed by atoms with Crippen molar-refractivity contribution in [1.29, 1.82) is 0 Å². The standard InChI is InChI=1S/C12H15BrN2O5/c1-6(16)15-7(10(18)19-2)5-12(13)4-3-8(9(14)17)20-11(12)15/h3,7,11H,4-5H2,1-2H3,(H2,14,17)/t7-,11+,12-/m1/s1. The van der Waals surface area contributed by atoms with E-state index < -0.39 is 28.5 Å². The number of allylic oxidation sites excluding steroid dienone is 1. The maximum Gasteiger partial charge on any atom is 0.328 e. The van der Waals surface area contributed by atoms with Gasteiger partial charge in [0, 0.05) is 6.92 Å². The van der Waals surface area contributed by atoms with Gasteiger partial charge in [-0.15, -0.1) is 0 Å². The minimum absolute atomic E-state index is 0.00170. The van der Waals surface area contributed by atoms with E-state index in [1.165, 1.54) is 18.9 Å². The molecule has 2 N–H and O–H groups in total. The first kappa shape index (κ1) is 14.8. The lowest BCUT2D eigenvalue weighted by Crippen LogP contribution is -2.50. The maximum atomic E-state index is 11.8. The topological polar surface area (TPSA) is 98.9 Å². The highest BCUT2D eigenvalue weighted by Crippen LogP contribution is 2.47. The minimum atomic E-state index is -0.767. The number of halogens is 1. The molecule has 0 aromatic rings. The van der Waals surface area contributed by atoms with Crippen LogP contribution in [0.3, 0.4) is 0 Å². The third-order valence-corrected chi connectivity index (χ3v) is 4.55. The van der Waals surface area contributed by atoms with Crippen LogP contribution in [0.1, 0.15) is 19.8 Å². The van der Waals surface area contributed by atoms with Crippen molar-refractivity contribution in [1.82, 2.24) is 4.90 Å². The van der Waals surface area contributed by atoms with Gasteiger partial charge < -0.3 is 15.2 Å². The molecule has 3 atom stereocenters. The van der Waals surface area contributed by atoms with Gasteiger partial charge in [-0.3, -0.25) is 14.5 Å². The molecule has 110 valence electrons. The molecule has 0 saturated carbocycles. The average molecular weight is 347 g/mol. The Morgan fingerprint density at radius 3 is 2.70 bits per heavy atom. The summed E-state index contributed by atoms with van der Waals surface area (Å²) in [5, 5.41) is 0. The number of hydrogen-bond acceptors (Lipinski definition) is 5. The summed E-state index contributed by atoms with van der Waals surface area (Å²) in [6, 6.07) is -0.748. The van der Waals surface area contributed by atoms with Gasteiger partial charge in [0.1, 0.15) is 6.04 Å². The molecular formula is C12H15BrN2O5. The zero-order chi connectivity index (χ0) is 15.1. The first-order chi connectivity index (χ1) is 9.30. The number of nitrogens with two attached hydrogens (primary N) is 1. The van der Waals surface area contributed by atoms with Crippen LogP contribution in [0.15, 0.2) is 11.8 Å². The van der Waals surface area contributed by atoms with Crippen LogP contribution in [0, 0.1) is 0 Å². The fourth-order valence-electron chi connectivity index (χ4n) is 2.59. The first-order valence-electron chi connectivity index (χ1n) is 6.02. The van der Waals surface area contributed by atoms with Gasteiger partial charge in [-0.2, -0.15) is 0 Å². The Hall–Kier alpha value is -1.57. The van der Waals surface area contributed by atoms with Crippen molar-refractivity contribution < 1.29 is 23.9 Å². The largest absolute Gasteiger partial charge is 0.467 e. The molecule has 0 unspecified atom stereocenters. The Morgan fingerprint density at radius 2 is 2.20 bits per heavy atom. The van der Waals surface area contributed by atoms with Crippen LogP contribution in [0.25, 0.3) is 0 Å². The summed E-state index contributed by atoms with van der Waals surface area (Å²) in [7, 11) is 1.26. The SMILES string of the molecule is COC(=O)[C@H]1C[C@]2(Br)CC=C(C(N)=O)O[C@@H]2N1C(C)=O. The van der Waals surface area contributed by atoms with Gasteiger partial charge in [-0.05, 0) is 18.9 Å². The van der Waals surface area contributed by atoms with Crippen molar-refractivity contribution in [2.45, 2.75) is 36.4 Å². The van der Waals surface area contributed by atoms with Crippen molar-refractivity contribution in [2.75, 3.05) is 7.11 Å². The second kappa shape index (κ2) is 5.08. The average Bonchev–Trinajstić information content (AvgIpc) is 2.69. The molecule has 1 saturated heterocycles. The molecule has 2 amide bonds. The number of likely N-dealkylation sites (tertiary alicyclic amines) is 1. The van der Waals surface area contributed by atoms with Gasteiger partial charge >= 0.3 is 5.97 Å². The van der Waals surface area contributed by atoms with Crippen molar-refractivity contribution >= 4 is 33.7 Å². The van der Waals surface area contributed by atoms with E-state index in [1.54, 1.807) is 6.08 Å². The van der Waals surface area contributed by atoms with Crippen LogP contribution in [-0.2, 0) is 23.9 Å². The molecule has 0 bridgehead atoms. The van der Waals surface area contributed by atoms with Gasteiger partial charge in [-0.1, -0.05) is 15.9 Å². The maximum absolute atomic E-state index is 11.8. The number of hydrogen-bond donors (Lipinski definition) is 1. The van der Waals surface area contributed by atoms with Crippen LogP contribution in [-0.4, -0.2) is 46.4 Å². The minimum Gasteiger partial charge on any atom is -0.467 e. The Bertz CT molecular complexity index is 506. The lowest BCUT2D eigenvalue weighted by atomic mass is 9.97. The number of carbonyl (C=O) groups excluding carboxylic acids is 3. The number of nitrogens with zero attached hydrogens (tertiary/aromatic N) is 1. The van der Waals surface area contributed by atoms with E-state index in [1.807, 2.05) is 0 Å². The highest BCUT2D eigenvalue weighted by atomic mass is 79.9. The van der Waals surface area contributed by atoms with Crippen LogP contribution in [0.2, 0.25) is 0 Å². The number of methoxy groups -OCH3 is 1. The third-order valence-electron chi connectivity index (χ3n) is 3.51. The van der Waals surface area contributed by atoms with Crippen molar-refractivity contribution in [3.05, 3.63) is 11.8 Å². The first-order valence-corrected chi connectivity index (χ1v) is 6.81. The lowest BCUT2D eigenvalue weighted by Gasteiger charge is -2.36. The lowest BCUT2D eigenvalue weighted by molar-refractivity contribution is -0.157. The molecule has 0 radical (unpaired) electrons. The summed E-state index contributed by atoms with van der Waals surface area (Å²) >= 11 is 3.52. The van der Waals surface area contributed by atoms with E-state index in [9.17, 15) is 14.4 Å². The molecule has 2 aliphatic rings. The fourth-order valence-corrected chi connectivity index (χ4v) is 3.37. The van der Waals surface area contributed by atoms with E-state index in [4.69, 9.17) is 15.2 Å². The highest BCUT2D eigenvalue weighted by Gasteiger charge is 2.57. The van der Waals surface area contributed by atoms with E-state index in [0.29, 0.717) is 12.8 Å². The second-order valence-corrected chi connectivity index (χ2v) is 6.39. The Morgan fingerprint density at radius 1 is 1.55 bits per heavy atom. The van der Waals surface area contributed by atoms with E-state index in [-0.39, 0.29) is 11.7 Å². The molecule has 0 aromatic carbocycles. The predicted molar refractivity (Wildman–Crippen MR) is 71.4 cm³/mol. The fraction of sp³-hybridized carbons (Fsp3) is 0.583. The van der Waals surface area contributed by atoms with Gasteiger partial charge in [0.05, 0.1) is 11.4 Å². The molecule has 7 nitrogen and oxygen atoms in total. The second-order valence-electron chi connectivity index (χ2n) is 4.81. The van der Waals surface area contributed by atoms with E-state index >= 15 is 0 Å². The number of esters is 1. The molecule has 0 aliphatic carbocycles. The van der Waals surface area contributed by atoms with Crippen molar-refractivity contribution in [3.8, 4) is 0 Å². The number of alkyl halides is 1. The molecule has 1 fully saturated rings. The number of amides is 2. The molecule has 0 spiro atoms. The number of fused-ring (bicyclic) bond motifs is 1. The Kier molecular flexibility index (Phi) is 3.77. The van der Waals surface area contributed by atoms with Crippen LogP contribution >= 0.6 is 15.9 Å². The van der Waals surface area contributed by atoms with Gasteiger partial charge in [-0.25, -0.2) is 4.79 Å². The predicted octanol–water partition coefficient (Wildman–Crippen LogP) is 0.0295. The third kappa shape index (κ3) is 2.28. The monoisotopic (exact) mass is 346 g/mol. The number of rotatable bonds is 2. The number of primary amides is 1. The van der Waals surface area contributed by atoms with Gasteiger partial charge in [0.15, 0.2) is 12.0 Å². The molecule has 2 rings (SSSR count). The number of ether oxygens (including phenoxy) is 2. The summed E-state index contributed by atoms with van der Waals surface area (Å²) in [6.07, 6.45) is 1.56. The van der Waals surface area contributed by atoms with Crippen molar-refractivity contribution in [3.63, 3.8) is 0 Å². The highest BCUT2D eigenvalue weighted by molar-refractivity contribution is 9.10. The van der Waals surface area contributed by atoms with Crippen LogP contribution in [0.4, 0.5) is 0 Å². The summed E-state index contributed by atoms with van der Waals surface area (Å²) in [5.74, 6) is -1.55. The van der Waals surface area contributed by atoms with E-state index in [0.717, 1.165) is 0 Å². The number of carbonyl (C=O) groups is 3. The Labute approximate surface area is 124 Å². The molecule has 0 aromatic heterocycles. The molecule has 8 heteroatoms. The quantitative estimate of drug-likeness (QED) is 0.561. The van der Waals surface area contributed by atoms with Gasteiger partial charge in [0.2, 0.25) is 5.91 Å². The molecule has 2 heterocycles. The Balaban J connectivity index is 2.36. The summed E-state index contributed by atoms with van der Waals surface area (Å²) in [6.45, 7) is 1.33. The van der Waals surface area contributed by atoms with Crippen LogP contribution in [0.5, 0.6) is 0 Å². The zero-order valence-corrected chi connectivity index (χ0v) is 12.7. The molecular weight excluding hydrogens is 332 g/mol. The summed E-state index contributed by atoms with van der Waals surface area (Å²) in [4.78, 5) is 36.2. The smallest absolute Gasteiger partial charge is 0.328 e. The van der Waals surface area contributed by atoms with Crippen LogP contribution < -0.4 is 5.73 Å². The zero-order valence-electron chi connectivity index (χ0n) is 11.1. The van der Waals surface area contributed by atoms with Gasteiger partial charge in [0.25, 0.3) is 5.91 Å². The molecule has 2 aliphatic heterocycles.